The van der Waals surface area contributed by atoms with Crippen LogP contribution in [-0.2, 0) is 10.3 Å². The Morgan fingerprint density at radius 1 is 1.03 bits per heavy atom. The number of pyridine rings is 1. The molecule has 1 aliphatic heterocycles. The zero-order valence-electron chi connectivity index (χ0n) is 17.0. The van der Waals surface area contributed by atoms with Crippen LogP contribution in [0, 0.1) is 0 Å². The summed E-state index contributed by atoms with van der Waals surface area (Å²) in [5.74, 6) is -0.694. The summed E-state index contributed by atoms with van der Waals surface area (Å²) < 4.78 is 5.42. The van der Waals surface area contributed by atoms with Gasteiger partial charge in [0.1, 0.15) is 11.2 Å². The van der Waals surface area contributed by atoms with Crippen LogP contribution in [0.4, 0.5) is 4.79 Å². The Morgan fingerprint density at radius 2 is 1.78 bits per heavy atom. The Morgan fingerprint density at radius 3 is 2.53 bits per heavy atom. The maximum atomic E-state index is 13.2. The molecule has 0 aliphatic carbocycles. The van der Waals surface area contributed by atoms with Crippen molar-refractivity contribution >= 4 is 28.7 Å². The van der Waals surface area contributed by atoms with Crippen molar-refractivity contribution in [1.29, 1.82) is 0 Å². The smallest absolute Gasteiger partial charge is 0.344 e. The normalized spacial score (nSPS) is 18.1. The Bertz CT molecular complexity index is 1350. The molecule has 0 bridgehead atoms. The van der Waals surface area contributed by atoms with E-state index in [4.69, 9.17) is 4.42 Å². The van der Waals surface area contributed by atoms with Gasteiger partial charge in [-0.25, -0.2) is 9.78 Å². The van der Waals surface area contributed by atoms with Crippen molar-refractivity contribution < 1.29 is 18.8 Å². The van der Waals surface area contributed by atoms with Crippen LogP contribution >= 0.6 is 0 Å². The van der Waals surface area contributed by atoms with Gasteiger partial charge in [0.25, 0.3) is 11.8 Å². The largest absolute Gasteiger partial charge is 0.463 e. The van der Waals surface area contributed by atoms with E-state index < -0.39 is 23.4 Å². The monoisotopic (exact) mass is 426 g/mol. The van der Waals surface area contributed by atoms with Gasteiger partial charge >= 0.3 is 6.03 Å². The molecule has 158 valence electrons. The second-order valence-corrected chi connectivity index (χ2v) is 7.55. The van der Waals surface area contributed by atoms with Crippen LogP contribution in [0.25, 0.3) is 22.4 Å². The number of fused-ring (bicyclic) bond motifs is 1. The van der Waals surface area contributed by atoms with Gasteiger partial charge in [-0.1, -0.05) is 48.5 Å². The summed E-state index contributed by atoms with van der Waals surface area (Å²) in [4.78, 5) is 43.5. The van der Waals surface area contributed by atoms with Crippen molar-refractivity contribution in [2.24, 2.45) is 0 Å². The van der Waals surface area contributed by atoms with E-state index in [0.29, 0.717) is 27.9 Å². The topological polar surface area (TPSA) is 105 Å². The second-order valence-electron chi connectivity index (χ2n) is 7.55. The van der Waals surface area contributed by atoms with Crippen LogP contribution in [0.2, 0.25) is 0 Å². The summed E-state index contributed by atoms with van der Waals surface area (Å²) in [6.45, 7) is 1.60. The number of aromatic nitrogens is 1. The maximum Gasteiger partial charge on any atom is 0.344 e. The summed E-state index contributed by atoms with van der Waals surface area (Å²) in [6.07, 6.45) is 1.52. The van der Waals surface area contributed by atoms with Gasteiger partial charge in [-0.05, 0) is 36.8 Å². The van der Waals surface area contributed by atoms with Gasteiger partial charge < -0.3 is 9.73 Å². The fourth-order valence-corrected chi connectivity index (χ4v) is 3.78. The van der Waals surface area contributed by atoms with Crippen LogP contribution < -0.4 is 10.7 Å². The van der Waals surface area contributed by atoms with Gasteiger partial charge in [-0.15, -0.1) is 0 Å². The molecule has 1 saturated heterocycles. The predicted molar refractivity (Wildman–Crippen MR) is 116 cm³/mol. The fraction of sp³-hybridized carbons (Fsp3) is 0.0833. The lowest BCUT2D eigenvalue weighted by molar-refractivity contribution is -0.132. The molecule has 8 nitrogen and oxygen atoms in total. The standard InChI is InChI=1S/C24H18N4O4/c1-24(15-8-3-2-4-9-15)22(30)28(23(31)26-24)27-21(29)17-14-19(20-12-7-13-32-20)25-18-11-6-5-10-16(17)18/h2-14H,1H3,(H,26,31)(H,27,29). The predicted octanol–water partition coefficient (Wildman–Crippen LogP) is 3.61. The summed E-state index contributed by atoms with van der Waals surface area (Å²) in [7, 11) is 0. The molecule has 0 saturated carbocycles. The van der Waals surface area contributed by atoms with Crippen molar-refractivity contribution in [3.63, 3.8) is 0 Å². The van der Waals surface area contributed by atoms with E-state index >= 15 is 0 Å². The van der Waals surface area contributed by atoms with Gasteiger partial charge in [-0.2, -0.15) is 5.01 Å². The molecular weight excluding hydrogens is 408 g/mol. The van der Waals surface area contributed by atoms with Gasteiger partial charge in [0.15, 0.2) is 5.76 Å². The third-order valence-corrected chi connectivity index (χ3v) is 5.49. The highest BCUT2D eigenvalue weighted by Gasteiger charge is 2.50. The number of rotatable bonds is 4. The number of nitrogens with zero attached hydrogens (tertiary/aromatic N) is 2. The summed E-state index contributed by atoms with van der Waals surface area (Å²) >= 11 is 0. The minimum atomic E-state index is -1.29. The van der Waals surface area contributed by atoms with Crippen molar-refractivity contribution in [3.8, 4) is 11.5 Å². The first-order valence-corrected chi connectivity index (χ1v) is 9.94. The Hall–Kier alpha value is -4.46. The number of hydrogen-bond donors (Lipinski definition) is 2. The molecule has 2 aromatic carbocycles. The number of hydrazine groups is 1. The number of urea groups is 1. The number of para-hydroxylation sites is 1. The number of carbonyl (C=O) groups excluding carboxylic acids is 3. The number of furan rings is 1. The third kappa shape index (κ3) is 3.09. The fourth-order valence-electron chi connectivity index (χ4n) is 3.78. The van der Waals surface area contributed by atoms with Crippen LogP contribution in [-0.4, -0.2) is 27.8 Å². The molecule has 1 atom stereocenters. The first-order valence-electron chi connectivity index (χ1n) is 9.94. The van der Waals surface area contributed by atoms with Crippen molar-refractivity contribution in [2.45, 2.75) is 12.5 Å². The first-order chi connectivity index (χ1) is 15.5. The molecule has 1 aliphatic rings. The van der Waals surface area contributed by atoms with E-state index in [1.54, 1.807) is 67.6 Å². The molecule has 0 radical (unpaired) electrons. The summed E-state index contributed by atoms with van der Waals surface area (Å²) in [5, 5.41) is 3.97. The van der Waals surface area contributed by atoms with Crippen LogP contribution in [0.1, 0.15) is 22.8 Å². The molecule has 3 heterocycles. The van der Waals surface area contributed by atoms with E-state index in [2.05, 4.69) is 15.7 Å². The third-order valence-electron chi connectivity index (χ3n) is 5.49. The SMILES string of the molecule is CC1(c2ccccc2)NC(=O)N(NC(=O)c2cc(-c3ccco3)nc3ccccc23)C1=O. The van der Waals surface area contributed by atoms with Crippen molar-refractivity contribution in [3.05, 3.63) is 90.2 Å². The molecule has 1 unspecified atom stereocenters. The lowest BCUT2D eigenvalue weighted by Crippen LogP contribution is -2.48. The second kappa shape index (κ2) is 7.35. The molecule has 2 N–H and O–H groups in total. The van der Waals surface area contributed by atoms with Crippen LogP contribution in [0.3, 0.4) is 0 Å². The summed E-state index contributed by atoms with van der Waals surface area (Å²) in [6, 6.07) is 20.3. The van der Waals surface area contributed by atoms with Gasteiger partial charge in [0.05, 0.1) is 17.3 Å². The maximum absolute atomic E-state index is 13.2. The zero-order valence-corrected chi connectivity index (χ0v) is 17.0. The quantitative estimate of drug-likeness (QED) is 0.485. The van der Waals surface area contributed by atoms with E-state index in [9.17, 15) is 14.4 Å². The lowest BCUT2D eigenvalue weighted by Gasteiger charge is -2.22. The number of benzene rings is 2. The van der Waals surface area contributed by atoms with Crippen molar-refractivity contribution in [2.75, 3.05) is 0 Å². The van der Waals surface area contributed by atoms with E-state index in [-0.39, 0.29) is 5.56 Å². The number of amides is 4. The van der Waals surface area contributed by atoms with Gasteiger partial charge in [0, 0.05) is 5.39 Å². The number of carbonyl (C=O) groups is 3. The van der Waals surface area contributed by atoms with Crippen molar-refractivity contribution in [1.82, 2.24) is 20.7 Å². The van der Waals surface area contributed by atoms with E-state index in [1.807, 2.05) is 12.1 Å². The molecule has 32 heavy (non-hydrogen) atoms. The molecular formula is C24H18N4O4. The Balaban J connectivity index is 1.50. The molecule has 8 heteroatoms. The number of imide groups is 1. The highest BCUT2D eigenvalue weighted by Crippen LogP contribution is 2.29. The minimum absolute atomic E-state index is 0.260. The highest BCUT2D eigenvalue weighted by atomic mass is 16.3. The number of hydrogen-bond acceptors (Lipinski definition) is 5. The number of nitrogens with one attached hydrogen (secondary N) is 2. The Kier molecular flexibility index (Phi) is 4.48. The first kappa shape index (κ1) is 19.5. The van der Waals surface area contributed by atoms with Gasteiger partial charge in [-0.3, -0.25) is 15.0 Å². The van der Waals surface area contributed by atoms with E-state index in [1.165, 1.54) is 6.26 Å². The molecule has 4 aromatic rings. The van der Waals surface area contributed by atoms with E-state index in [0.717, 1.165) is 5.01 Å². The minimum Gasteiger partial charge on any atom is -0.463 e. The average Bonchev–Trinajstić information content (AvgIpc) is 3.43. The highest BCUT2D eigenvalue weighted by molar-refractivity contribution is 6.12. The molecule has 4 amide bonds. The molecule has 0 spiro atoms. The zero-order chi connectivity index (χ0) is 22.3. The Labute approximate surface area is 182 Å². The molecule has 1 fully saturated rings. The molecule has 5 rings (SSSR count). The summed E-state index contributed by atoms with van der Waals surface area (Å²) in [5.41, 5.74) is 3.09. The van der Waals surface area contributed by atoms with Crippen LogP contribution in [0.5, 0.6) is 0 Å². The van der Waals surface area contributed by atoms with Gasteiger partial charge in [0.2, 0.25) is 0 Å². The average molecular weight is 426 g/mol. The molecule has 2 aromatic heterocycles. The lowest BCUT2D eigenvalue weighted by atomic mass is 9.92. The van der Waals surface area contributed by atoms with Crippen LogP contribution in [0.15, 0.2) is 83.5 Å².